The summed E-state index contributed by atoms with van der Waals surface area (Å²) in [4.78, 5) is 0. The van der Waals surface area contributed by atoms with Gasteiger partial charge in [-0.15, -0.1) is 0 Å². The molecule has 1 heterocycles. The van der Waals surface area contributed by atoms with Crippen LogP contribution in [-0.4, -0.2) is 43.1 Å². The number of hydrogen-bond donors (Lipinski definition) is 2. The summed E-state index contributed by atoms with van der Waals surface area (Å²) in [5.74, 6) is 0.757. The topological polar surface area (TPSA) is 50.7 Å². The molecule has 1 aromatic carbocycles. The normalized spacial score (nSPS) is 23.8. The van der Waals surface area contributed by atoms with Crippen molar-refractivity contribution in [2.45, 2.75) is 38.5 Å². The molecule has 0 radical (unpaired) electrons. The Bertz CT molecular complexity index is 441. The van der Waals surface area contributed by atoms with Gasteiger partial charge >= 0.3 is 0 Å². The summed E-state index contributed by atoms with van der Waals surface area (Å²) in [6.07, 6.45) is 0.684. The lowest BCUT2D eigenvalue weighted by atomic mass is 10.1. The maximum absolute atomic E-state index is 9.96. The van der Waals surface area contributed by atoms with E-state index in [-0.39, 0.29) is 12.7 Å². The maximum atomic E-state index is 9.96. The molecule has 4 nitrogen and oxygen atoms in total. The van der Waals surface area contributed by atoms with E-state index in [0.29, 0.717) is 12.6 Å². The van der Waals surface area contributed by atoms with Gasteiger partial charge in [-0.1, -0.05) is 6.07 Å². The van der Waals surface area contributed by atoms with Crippen molar-refractivity contribution in [1.29, 1.82) is 0 Å². The van der Waals surface area contributed by atoms with Gasteiger partial charge in [-0.3, -0.25) is 0 Å². The van der Waals surface area contributed by atoms with E-state index in [1.165, 1.54) is 5.56 Å². The Morgan fingerprint density at radius 3 is 3.00 bits per heavy atom. The molecule has 20 heavy (non-hydrogen) atoms. The second kappa shape index (κ2) is 7.41. The third kappa shape index (κ3) is 4.45. The van der Waals surface area contributed by atoms with E-state index in [2.05, 4.69) is 28.2 Å². The molecule has 2 N–H and O–H groups in total. The summed E-state index contributed by atoms with van der Waals surface area (Å²) < 4.78 is 12.0. The quantitative estimate of drug-likeness (QED) is 0.831. The van der Waals surface area contributed by atoms with Gasteiger partial charge in [0.1, 0.15) is 18.5 Å². The third-order valence-electron chi connectivity index (χ3n) is 3.51. The van der Waals surface area contributed by atoms with E-state index in [0.717, 1.165) is 23.2 Å². The monoisotopic (exact) mass is 343 g/mol. The zero-order valence-corrected chi connectivity index (χ0v) is 13.5. The van der Waals surface area contributed by atoms with Crippen LogP contribution in [0.2, 0.25) is 0 Å². The minimum atomic E-state index is -0.531. The van der Waals surface area contributed by atoms with Gasteiger partial charge in [0.2, 0.25) is 0 Å². The van der Waals surface area contributed by atoms with Gasteiger partial charge in [-0.2, -0.15) is 0 Å². The number of halogens is 1. The Morgan fingerprint density at radius 1 is 1.55 bits per heavy atom. The highest BCUT2D eigenvalue weighted by molar-refractivity contribution is 9.10. The molecule has 112 valence electrons. The van der Waals surface area contributed by atoms with E-state index < -0.39 is 6.10 Å². The van der Waals surface area contributed by atoms with Gasteiger partial charge < -0.3 is 19.9 Å². The highest BCUT2D eigenvalue weighted by atomic mass is 79.9. The smallest absolute Gasteiger partial charge is 0.133 e. The van der Waals surface area contributed by atoms with E-state index in [4.69, 9.17) is 9.47 Å². The van der Waals surface area contributed by atoms with Crippen LogP contribution in [0.4, 0.5) is 0 Å². The van der Waals surface area contributed by atoms with E-state index in [1.54, 1.807) is 0 Å². The molecule has 5 heteroatoms. The Hall–Kier alpha value is -0.620. The van der Waals surface area contributed by atoms with Gasteiger partial charge in [-0.05, 0) is 53.9 Å². The van der Waals surface area contributed by atoms with Crippen LogP contribution in [0.25, 0.3) is 0 Å². The molecule has 3 unspecified atom stereocenters. The summed E-state index contributed by atoms with van der Waals surface area (Å²) in [6.45, 7) is 5.66. The summed E-state index contributed by atoms with van der Waals surface area (Å²) in [6, 6.07) is 6.22. The first-order valence-electron chi connectivity index (χ1n) is 6.98. The van der Waals surface area contributed by atoms with Crippen molar-refractivity contribution in [2.75, 3.05) is 19.8 Å². The highest BCUT2D eigenvalue weighted by Gasteiger charge is 2.24. The fraction of sp³-hybridized carbons (Fsp3) is 0.600. The molecule has 1 saturated heterocycles. The van der Waals surface area contributed by atoms with Crippen molar-refractivity contribution < 1.29 is 14.6 Å². The fourth-order valence-electron chi connectivity index (χ4n) is 2.26. The molecule has 1 aliphatic heterocycles. The number of aliphatic hydroxyl groups excluding tert-OH is 1. The van der Waals surface area contributed by atoms with Crippen molar-refractivity contribution in [3.05, 3.63) is 28.2 Å². The fourth-order valence-corrected chi connectivity index (χ4v) is 2.86. The Labute approximate surface area is 128 Å². The van der Waals surface area contributed by atoms with Crippen LogP contribution in [0.5, 0.6) is 5.75 Å². The Balaban J connectivity index is 1.73. The number of nitrogens with one attached hydrogen (secondary N) is 1. The van der Waals surface area contributed by atoms with Crippen molar-refractivity contribution >= 4 is 15.9 Å². The van der Waals surface area contributed by atoms with Crippen LogP contribution in [0.3, 0.4) is 0 Å². The molecule has 1 aromatic rings. The minimum absolute atomic E-state index is 0.217. The first kappa shape index (κ1) is 15.8. The molecular formula is C15H22BrNO3. The van der Waals surface area contributed by atoms with Crippen molar-refractivity contribution in [3.8, 4) is 5.75 Å². The zero-order valence-electron chi connectivity index (χ0n) is 11.9. The molecule has 2 rings (SSSR count). The first-order chi connectivity index (χ1) is 9.56. The molecular weight excluding hydrogens is 322 g/mol. The van der Waals surface area contributed by atoms with Crippen LogP contribution in [0.1, 0.15) is 18.9 Å². The van der Waals surface area contributed by atoms with Crippen molar-refractivity contribution in [1.82, 2.24) is 5.32 Å². The number of ether oxygens (including phenoxy) is 2. The number of benzene rings is 1. The highest BCUT2D eigenvalue weighted by Crippen LogP contribution is 2.25. The predicted octanol–water partition coefficient (Wildman–Crippen LogP) is 2.26. The molecule has 0 spiro atoms. The largest absolute Gasteiger partial charge is 0.490 e. The van der Waals surface area contributed by atoms with Gasteiger partial charge in [0.25, 0.3) is 0 Å². The lowest BCUT2D eigenvalue weighted by Crippen LogP contribution is -2.41. The summed E-state index contributed by atoms with van der Waals surface area (Å²) in [5, 5.41) is 13.3. The molecule has 0 aromatic heterocycles. The number of aliphatic hydroxyl groups is 1. The lowest BCUT2D eigenvalue weighted by molar-refractivity contribution is 0.0895. The second-order valence-corrected chi connectivity index (χ2v) is 6.13. The standard InChI is InChI=1S/C15H22BrNO3/c1-10-3-4-15(13(16)7-10)20-9-12(18)8-17-14-5-6-19-11(14)2/h3-4,7,11-12,14,17-18H,5-6,8-9H2,1-2H3. The molecule has 0 bridgehead atoms. The maximum Gasteiger partial charge on any atom is 0.133 e. The van der Waals surface area contributed by atoms with Crippen molar-refractivity contribution in [2.24, 2.45) is 0 Å². The summed E-state index contributed by atoms with van der Waals surface area (Å²) in [7, 11) is 0. The number of rotatable bonds is 6. The molecule has 1 aliphatic rings. The van der Waals surface area contributed by atoms with E-state index >= 15 is 0 Å². The second-order valence-electron chi connectivity index (χ2n) is 5.28. The molecule has 1 fully saturated rings. The summed E-state index contributed by atoms with van der Waals surface area (Å²) in [5.41, 5.74) is 1.17. The summed E-state index contributed by atoms with van der Waals surface area (Å²) >= 11 is 3.46. The van der Waals surface area contributed by atoms with E-state index in [9.17, 15) is 5.11 Å². The van der Waals surface area contributed by atoms with Gasteiger partial charge in [0.15, 0.2) is 0 Å². The van der Waals surface area contributed by atoms with Crippen LogP contribution in [-0.2, 0) is 4.74 Å². The van der Waals surface area contributed by atoms with E-state index in [1.807, 2.05) is 25.1 Å². The molecule has 0 saturated carbocycles. The van der Waals surface area contributed by atoms with Crippen LogP contribution in [0, 0.1) is 6.92 Å². The zero-order chi connectivity index (χ0) is 14.5. The third-order valence-corrected chi connectivity index (χ3v) is 4.13. The van der Waals surface area contributed by atoms with Gasteiger partial charge in [-0.25, -0.2) is 0 Å². The lowest BCUT2D eigenvalue weighted by Gasteiger charge is -2.19. The number of aryl methyl sites for hydroxylation is 1. The Kier molecular flexibility index (Phi) is 5.84. The first-order valence-corrected chi connectivity index (χ1v) is 7.77. The van der Waals surface area contributed by atoms with Crippen LogP contribution < -0.4 is 10.1 Å². The SMILES string of the molecule is Cc1ccc(OCC(O)CNC2CCOC2C)c(Br)c1. The number of hydrogen-bond acceptors (Lipinski definition) is 4. The van der Waals surface area contributed by atoms with Crippen LogP contribution in [0.15, 0.2) is 22.7 Å². The predicted molar refractivity (Wildman–Crippen MR) is 82.2 cm³/mol. The average molecular weight is 344 g/mol. The minimum Gasteiger partial charge on any atom is -0.490 e. The average Bonchev–Trinajstić information content (AvgIpc) is 2.81. The Morgan fingerprint density at radius 2 is 2.35 bits per heavy atom. The van der Waals surface area contributed by atoms with Gasteiger partial charge in [0, 0.05) is 19.2 Å². The van der Waals surface area contributed by atoms with Crippen molar-refractivity contribution in [3.63, 3.8) is 0 Å². The molecule has 0 amide bonds. The van der Waals surface area contributed by atoms with Crippen LogP contribution >= 0.6 is 15.9 Å². The molecule has 3 atom stereocenters. The van der Waals surface area contributed by atoms with Gasteiger partial charge in [0.05, 0.1) is 10.6 Å². The molecule has 0 aliphatic carbocycles.